The molecule has 84 valence electrons. The predicted molar refractivity (Wildman–Crippen MR) is 67.3 cm³/mol. The van der Waals surface area contributed by atoms with Crippen molar-refractivity contribution in [2.24, 2.45) is 5.92 Å². The molecule has 0 aromatic carbocycles. The molecule has 2 atom stereocenters. The molecule has 0 amide bonds. The summed E-state index contributed by atoms with van der Waals surface area (Å²) in [5, 5.41) is 0. The van der Waals surface area contributed by atoms with Crippen LogP contribution in [0.5, 0.6) is 0 Å². The quantitative estimate of drug-likeness (QED) is 0.866. The Balaban J connectivity index is 2.04. The second-order valence-electron chi connectivity index (χ2n) is 4.66. The lowest BCUT2D eigenvalue weighted by atomic mass is 9.98. The molecule has 2 aromatic rings. The molecule has 1 N–H and O–H groups in total. The molecule has 2 aromatic heterocycles. The number of hydrogen-bond acceptors (Lipinski definition) is 2. The van der Waals surface area contributed by atoms with Gasteiger partial charge in [-0.1, -0.05) is 13.3 Å². The number of halogens is 1. The molecule has 1 saturated carbocycles. The number of fused-ring (bicyclic) bond motifs is 1. The summed E-state index contributed by atoms with van der Waals surface area (Å²) in [7, 11) is 0. The van der Waals surface area contributed by atoms with Crippen LogP contribution in [0, 0.1) is 5.92 Å². The zero-order valence-corrected chi connectivity index (χ0v) is 10.8. The van der Waals surface area contributed by atoms with Gasteiger partial charge in [-0.3, -0.25) is 0 Å². The average molecular weight is 280 g/mol. The van der Waals surface area contributed by atoms with Crippen LogP contribution in [0.25, 0.3) is 11.2 Å². The van der Waals surface area contributed by atoms with Crippen molar-refractivity contribution >= 4 is 27.1 Å². The third kappa shape index (κ3) is 1.65. The van der Waals surface area contributed by atoms with Gasteiger partial charge in [-0.15, -0.1) is 0 Å². The number of nitrogens with one attached hydrogen (secondary N) is 1. The molecule has 16 heavy (non-hydrogen) atoms. The van der Waals surface area contributed by atoms with Gasteiger partial charge in [0.15, 0.2) is 5.65 Å². The predicted octanol–water partition coefficient (Wildman–Crippen LogP) is 3.62. The van der Waals surface area contributed by atoms with E-state index < -0.39 is 0 Å². The molecule has 0 bridgehead atoms. The van der Waals surface area contributed by atoms with E-state index in [0.29, 0.717) is 5.92 Å². The van der Waals surface area contributed by atoms with Gasteiger partial charge in [-0.2, -0.15) is 0 Å². The minimum absolute atomic E-state index is 0.591. The molecule has 1 aliphatic rings. The van der Waals surface area contributed by atoms with Gasteiger partial charge in [0.2, 0.25) is 0 Å². The van der Waals surface area contributed by atoms with Crippen molar-refractivity contribution in [1.82, 2.24) is 15.0 Å². The fourth-order valence-corrected chi connectivity index (χ4v) is 2.95. The van der Waals surface area contributed by atoms with Crippen molar-refractivity contribution in [3.05, 3.63) is 22.6 Å². The summed E-state index contributed by atoms with van der Waals surface area (Å²) in [4.78, 5) is 12.3. The number of rotatable bonds is 1. The van der Waals surface area contributed by atoms with Crippen LogP contribution < -0.4 is 0 Å². The number of imidazole rings is 1. The van der Waals surface area contributed by atoms with Crippen LogP contribution in [-0.4, -0.2) is 15.0 Å². The van der Waals surface area contributed by atoms with Crippen molar-refractivity contribution in [3.8, 4) is 0 Å². The maximum Gasteiger partial charge on any atom is 0.177 e. The fourth-order valence-electron chi connectivity index (χ4n) is 2.62. The summed E-state index contributed by atoms with van der Waals surface area (Å²) in [6.45, 7) is 2.31. The first-order chi connectivity index (χ1) is 7.74. The van der Waals surface area contributed by atoms with E-state index in [1.807, 2.05) is 6.07 Å². The molecule has 0 spiro atoms. The Bertz CT molecular complexity index is 520. The molecule has 4 heteroatoms. The Labute approximate surface area is 103 Å². The summed E-state index contributed by atoms with van der Waals surface area (Å²) in [5.74, 6) is 2.45. The highest BCUT2D eigenvalue weighted by Gasteiger charge is 2.27. The monoisotopic (exact) mass is 279 g/mol. The van der Waals surface area contributed by atoms with E-state index in [4.69, 9.17) is 0 Å². The van der Waals surface area contributed by atoms with Crippen LogP contribution in [-0.2, 0) is 0 Å². The highest BCUT2D eigenvalue weighted by molar-refractivity contribution is 9.10. The second-order valence-corrected chi connectivity index (χ2v) is 5.58. The van der Waals surface area contributed by atoms with E-state index in [-0.39, 0.29) is 0 Å². The van der Waals surface area contributed by atoms with Crippen molar-refractivity contribution < 1.29 is 0 Å². The zero-order valence-electron chi connectivity index (χ0n) is 9.20. The van der Waals surface area contributed by atoms with Crippen LogP contribution in [0.4, 0.5) is 0 Å². The van der Waals surface area contributed by atoms with Gasteiger partial charge in [0.25, 0.3) is 0 Å². The van der Waals surface area contributed by atoms with Crippen molar-refractivity contribution in [2.45, 2.75) is 32.1 Å². The maximum atomic E-state index is 4.60. The van der Waals surface area contributed by atoms with Crippen LogP contribution in [0.1, 0.15) is 37.9 Å². The molecule has 2 heterocycles. The van der Waals surface area contributed by atoms with E-state index >= 15 is 0 Å². The lowest BCUT2D eigenvalue weighted by molar-refractivity contribution is 0.514. The Morgan fingerprint density at radius 1 is 1.44 bits per heavy atom. The number of H-pyrrole nitrogens is 1. The van der Waals surface area contributed by atoms with Crippen LogP contribution in [0.15, 0.2) is 16.7 Å². The zero-order chi connectivity index (χ0) is 11.1. The first-order valence-corrected chi connectivity index (χ1v) is 6.54. The molecule has 0 aliphatic heterocycles. The SMILES string of the molecule is CC1CCCC1c1nc2ncc(Br)cc2[nH]1. The van der Waals surface area contributed by atoms with Gasteiger partial charge in [-0.25, -0.2) is 9.97 Å². The number of aromatic nitrogens is 3. The lowest BCUT2D eigenvalue weighted by Gasteiger charge is -2.11. The molecular formula is C12H14BrN3. The smallest absolute Gasteiger partial charge is 0.177 e. The van der Waals surface area contributed by atoms with E-state index in [1.54, 1.807) is 6.20 Å². The molecule has 3 nitrogen and oxygen atoms in total. The molecule has 2 unspecified atom stereocenters. The second kappa shape index (κ2) is 3.84. The van der Waals surface area contributed by atoms with E-state index in [0.717, 1.165) is 27.4 Å². The van der Waals surface area contributed by atoms with Crippen molar-refractivity contribution in [1.29, 1.82) is 0 Å². The Morgan fingerprint density at radius 3 is 3.06 bits per heavy atom. The van der Waals surface area contributed by atoms with Gasteiger partial charge in [0.05, 0.1) is 5.52 Å². The van der Waals surface area contributed by atoms with Gasteiger partial charge in [0, 0.05) is 16.6 Å². The van der Waals surface area contributed by atoms with Gasteiger partial charge >= 0.3 is 0 Å². The molecule has 0 saturated heterocycles. The third-order valence-corrected chi connectivity index (χ3v) is 3.97. The summed E-state index contributed by atoms with van der Waals surface area (Å²) in [6.07, 6.45) is 5.69. The molecule has 1 aliphatic carbocycles. The van der Waals surface area contributed by atoms with Gasteiger partial charge in [0.1, 0.15) is 5.82 Å². The van der Waals surface area contributed by atoms with E-state index in [2.05, 4.69) is 37.8 Å². The van der Waals surface area contributed by atoms with Gasteiger partial charge < -0.3 is 4.98 Å². The van der Waals surface area contributed by atoms with E-state index in [1.165, 1.54) is 19.3 Å². The number of aromatic amines is 1. The normalized spacial score (nSPS) is 25.4. The minimum Gasteiger partial charge on any atom is -0.340 e. The molecule has 1 fully saturated rings. The first kappa shape index (κ1) is 10.3. The highest BCUT2D eigenvalue weighted by atomic mass is 79.9. The summed E-state index contributed by atoms with van der Waals surface area (Å²) in [6, 6.07) is 2.04. The maximum absolute atomic E-state index is 4.60. The minimum atomic E-state index is 0.591. The largest absolute Gasteiger partial charge is 0.340 e. The standard InChI is InChI=1S/C12H14BrN3/c1-7-3-2-4-9(7)11-15-10-5-8(13)6-14-12(10)16-11/h5-7,9H,2-4H2,1H3,(H,14,15,16). The summed E-state index contributed by atoms with van der Waals surface area (Å²) >= 11 is 3.43. The average Bonchev–Trinajstić information content (AvgIpc) is 2.82. The summed E-state index contributed by atoms with van der Waals surface area (Å²) in [5.41, 5.74) is 1.86. The number of nitrogens with zero attached hydrogens (tertiary/aromatic N) is 2. The first-order valence-electron chi connectivity index (χ1n) is 5.75. The van der Waals surface area contributed by atoms with Crippen LogP contribution in [0.3, 0.4) is 0 Å². The molecule has 3 rings (SSSR count). The molecule has 0 radical (unpaired) electrons. The molecular weight excluding hydrogens is 266 g/mol. The Kier molecular flexibility index (Phi) is 2.46. The number of pyridine rings is 1. The van der Waals surface area contributed by atoms with Crippen LogP contribution >= 0.6 is 15.9 Å². The number of hydrogen-bond donors (Lipinski definition) is 1. The highest BCUT2D eigenvalue weighted by Crippen LogP contribution is 2.38. The van der Waals surface area contributed by atoms with Crippen LogP contribution in [0.2, 0.25) is 0 Å². The van der Waals surface area contributed by atoms with Crippen molar-refractivity contribution in [3.63, 3.8) is 0 Å². The Morgan fingerprint density at radius 2 is 2.31 bits per heavy atom. The fraction of sp³-hybridized carbons (Fsp3) is 0.500. The third-order valence-electron chi connectivity index (χ3n) is 3.54. The van der Waals surface area contributed by atoms with Crippen molar-refractivity contribution in [2.75, 3.05) is 0 Å². The lowest BCUT2D eigenvalue weighted by Crippen LogP contribution is -2.03. The Hall–Kier alpha value is -0.900. The van der Waals surface area contributed by atoms with E-state index in [9.17, 15) is 0 Å². The van der Waals surface area contributed by atoms with Gasteiger partial charge in [-0.05, 0) is 40.8 Å². The topological polar surface area (TPSA) is 41.6 Å². The summed E-state index contributed by atoms with van der Waals surface area (Å²) < 4.78 is 0.995.